The number of carbonyl (C=O) groups is 3. The number of hydrogen-bond acceptors (Lipinski definition) is 7. The number of aryl methyl sites for hydroxylation is 2. The predicted octanol–water partition coefficient (Wildman–Crippen LogP) is 4.76. The molecule has 1 aliphatic rings. The summed E-state index contributed by atoms with van der Waals surface area (Å²) in [7, 11) is 0. The van der Waals surface area contributed by atoms with Crippen LogP contribution >= 0.6 is 0 Å². The van der Waals surface area contributed by atoms with E-state index in [1.54, 1.807) is 24.3 Å². The summed E-state index contributed by atoms with van der Waals surface area (Å²) in [6.45, 7) is 4.99. The van der Waals surface area contributed by atoms with Crippen molar-refractivity contribution in [3.8, 4) is 5.75 Å². The van der Waals surface area contributed by atoms with Crippen molar-refractivity contribution in [3.05, 3.63) is 105 Å². The molecule has 36 heavy (non-hydrogen) atoms. The molecule has 1 saturated heterocycles. The Morgan fingerprint density at radius 1 is 1.00 bits per heavy atom. The molecule has 1 aliphatic heterocycles. The predicted molar refractivity (Wildman–Crippen MR) is 132 cm³/mol. The highest BCUT2D eigenvalue weighted by molar-refractivity contribution is 6.51. The number of non-ortho nitro benzene ring substituents is 1. The van der Waals surface area contributed by atoms with Crippen molar-refractivity contribution in [3.63, 3.8) is 0 Å². The Kier molecular flexibility index (Phi) is 6.39. The Hall–Kier alpha value is -4.79. The summed E-state index contributed by atoms with van der Waals surface area (Å²) in [6.07, 6.45) is 0. The Morgan fingerprint density at radius 3 is 2.22 bits per heavy atom. The Labute approximate surface area is 206 Å². The number of aliphatic hydroxyl groups is 1. The fraction of sp³-hybridized carbons (Fsp3) is 0.148. The summed E-state index contributed by atoms with van der Waals surface area (Å²) in [6, 6.07) is 15.8. The maximum atomic E-state index is 13.3. The molecule has 4 rings (SSSR count). The molecular formula is C27H22N2O7. The third-order valence-corrected chi connectivity index (χ3v) is 5.72. The third-order valence-electron chi connectivity index (χ3n) is 5.72. The van der Waals surface area contributed by atoms with Crippen LogP contribution in [0.2, 0.25) is 0 Å². The van der Waals surface area contributed by atoms with Gasteiger partial charge < -0.3 is 9.84 Å². The van der Waals surface area contributed by atoms with Crippen molar-refractivity contribution in [1.29, 1.82) is 0 Å². The average Bonchev–Trinajstić information content (AvgIpc) is 3.08. The molecule has 3 aromatic carbocycles. The van der Waals surface area contributed by atoms with Crippen LogP contribution < -0.4 is 9.64 Å². The summed E-state index contributed by atoms with van der Waals surface area (Å²) in [5.74, 6) is -2.53. The summed E-state index contributed by atoms with van der Waals surface area (Å²) in [5.41, 5.74) is 2.22. The van der Waals surface area contributed by atoms with Crippen molar-refractivity contribution < 1.29 is 29.2 Å². The minimum absolute atomic E-state index is 0.0316. The molecule has 0 radical (unpaired) electrons. The molecule has 0 bridgehead atoms. The highest BCUT2D eigenvalue weighted by Gasteiger charge is 2.47. The van der Waals surface area contributed by atoms with E-state index < -0.39 is 34.4 Å². The van der Waals surface area contributed by atoms with E-state index in [9.17, 15) is 29.6 Å². The molecule has 9 heteroatoms. The van der Waals surface area contributed by atoms with Crippen molar-refractivity contribution in [1.82, 2.24) is 0 Å². The van der Waals surface area contributed by atoms with Crippen LogP contribution in [0.3, 0.4) is 0 Å². The van der Waals surface area contributed by atoms with E-state index in [0.29, 0.717) is 11.3 Å². The van der Waals surface area contributed by atoms with Crippen molar-refractivity contribution in [2.24, 2.45) is 0 Å². The van der Waals surface area contributed by atoms with Gasteiger partial charge in [-0.1, -0.05) is 30.3 Å². The molecule has 1 unspecified atom stereocenters. The van der Waals surface area contributed by atoms with Gasteiger partial charge in [-0.05, 0) is 54.8 Å². The summed E-state index contributed by atoms with van der Waals surface area (Å²) >= 11 is 0. The lowest BCUT2D eigenvalue weighted by Gasteiger charge is -2.26. The zero-order chi connectivity index (χ0) is 26.1. The van der Waals surface area contributed by atoms with Gasteiger partial charge in [-0.2, -0.15) is 0 Å². The maximum Gasteiger partial charge on any atom is 0.308 e. The largest absolute Gasteiger partial charge is 0.507 e. The first-order chi connectivity index (χ1) is 17.1. The quantitative estimate of drug-likeness (QED) is 0.105. The first-order valence-electron chi connectivity index (χ1n) is 11.0. The number of hydrogen-bond donors (Lipinski definition) is 1. The molecule has 9 nitrogen and oxygen atoms in total. The molecular weight excluding hydrogens is 464 g/mol. The van der Waals surface area contributed by atoms with Crippen LogP contribution in [0.5, 0.6) is 5.75 Å². The standard InChI is InChI=1S/C27H22N2O7/c1-15-11-16(2)13-21(12-15)28-24(18-7-9-22(10-8-18)36-17(3)30)23(26(32)27(28)33)25(31)19-5-4-6-20(14-19)29(34)35/h4-14,24,31H,1-3H3/b25-23-. The van der Waals surface area contributed by atoms with E-state index in [-0.39, 0.29) is 22.6 Å². The molecule has 1 heterocycles. The lowest BCUT2D eigenvalue weighted by molar-refractivity contribution is -0.384. The molecule has 0 aromatic heterocycles. The first-order valence-corrected chi connectivity index (χ1v) is 11.0. The van der Waals surface area contributed by atoms with Crippen LogP contribution in [0, 0.1) is 24.0 Å². The molecule has 1 fully saturated rings. The summed E-state index contributed by atoms with van der Waals surface area (Å²) in [5, 5.41) is 22.4. The number of aliphatic hydroxyl groups excluding tert-OH is 1. The lowest BCUT2D eigenvalue weighted by atomic mass is 9.94. The van der Waals surface area contributed by atoms with Crippen LogP contribution in [0.4, 0.5) is 11.4 Å². The summed E-state index contributed by atoms with van der Waals surface area (Å²) < 4.78 is 5.08. The fourth-order valence-electron chi connectivity index (χ4n) is 4.31. The van der Waals surface area contributed by atoms with Crippen molar-refractivity contribution in [2.45, 2.75) is 26.8 Å². The first kappa shape index (κ1) is 24.3. The second kappa shape index (κ2) is 9.46. The monoisotopic (exact) mass is 486 g/mol. The Balaban J connectivity index is 1.93. The van der Waals surface area contributed by atoms with Gasteiger partial charge in [-0.25, -0.2) is 0 Å². The number of nitro groups is 1. The minimum Gasteiger partial charge on any atom is -0.507 e. The molecule has 1 N–H and O–H groups in total. The number of Topliss-reactive ketones (excluding diaryl/α,β-unsaturated/α-hetero) is 1. The van der Waals surface area contributed by atoms with Gasteiger partial charge in [0.25, 0.3) is 17.4 Å². The molecule has 182 valence electrons. The molecule has 0 aliphatic carbocycles. The molecule has 3 aromatic rings. The number of anilines is 1. The van der Waals surface area contributed by atoms with Gasteiger partial charge in [0.15, 0.2) is 0 Å². The zero-order valence-electron chi connectivity index (χ0n) is 19.7. The van der Waals surface area contributed by atoms with Gasteiger partial charge in [0.2, 0.25) is 0 Å². The van der Waals surface area contributed by atoms with Crippen LogP contribution in [-0.2, 0) is 14.4 Å². The normalized spacial score (nSPS) is 16.8. The number of amides is 1. The molecule has 0 spiro atoms. The van der Waals surface area contributed by atoms with Gasteiger partial charge in [0.1, 0.15) is 11.5 Å². The van der Waals surface area contributed by atoms with E-state index in [0.717, 1.165) is 17.2 Å². The Bertz CT molecular complexity index is 1420. The number of rotatable bonds is 5. The number of benzene rings is 3. The maximum absolute atomic E-state index is 13.3. The zero-order valence-corrected chi connectivity index (χ0v) is 19.7. The highest BCUT2D eigenvalue weighted by atomic mass is 16.6. The van der Waals surface area contributed by atoms with Gasteiger partial charge >= 0.3 is 5.97 Å². The van der Waals surface area contributed by atoms with Gasteiger partial charge in [-0.3, -0.25) is 29.4 Å². The number of carbonyl (C=O) groups excluding carboxylic acids is 3. The number of ether oxygens (including phenoxy) is 1. The summed E-state index contributed by atoms with van der Waals surface area (Å²) in [4.78, 5) is 49.8. The van der Waals surface area contributed by atoms with E-state index in [2.05, 4.69) is 0 Å². The van der Waals surface area contributed by atoms with E-state index in [1.807, 2.05) is 19.9 Å². The SMILES string of the molecule is CC(=O)Oc1ccc(C2/C(=C(/O)c3cccc([N+](=O)[O-])c3)C(=O)C(=O)N2c2cc(C)cc(C)c2)cc1. The van der Waals surface area contributed by atoms with Crippen LogP contribution in [0.25, 0.3) is 5.76 Å². The average molecular weight is 486 g/mol. The molecule has 0 saturated carbocycles. The van der Waals surface area contributed by atoms with Gasteiger partial charge in [0.05, 0.1) is 16.5 Å². The number of esters is 1. The van der Waals surface area contributed by atoms with E-state index in [4.69, 9.17) is 4.74 Å². The van der Waals surface area contributed by atoms with E-state index >= 15 is 0 Å². The van der Waals surface area contributed by atoms with Crippen LogP contribution in [0.15, 0.2) is 72.3 Å². The smallest absolute Gasteiger partial charge is 0.308 e. The third kappa shape index (κ3) is 4.58. The second-order valence-corrected chi connectivity index (χ2v) is 8.49. The molecule has 1 amide bonds. The lowest BCUT2D eigenvalue weighted by Crippen LogP contribution is -2.29. The number of nitro benzene ring substituents is 1. The van der Waals surface area contributed by atoms with E-state index in [1.165, 1.54) is 42.2 Å². The van der Waals surface area contributed by atoms with Crippen molar-refractivity contribution in [2.75, 3.05) is 4.90 Å². The van der Waals surface area contributed by atoms with Crippen molar-refractivity contribution >= 4 is 34.8 Å². The van der Waals surface area contributed by atoms with Gasteiger partial charge in [-0.15, -0.1) is 0 Å². The minimum atomic E-state index is -1.03. The van der Waals surface area contributed by atoms with Crippen LogP contribution in [0.1, 0.15) is 35.2 Å². The van der Waals surface area contributed by atoms with Gasteiger partial charge in [0, 0.05) is 30.3 Å². The second-order valence-electron chi connectivity index (χ2n) is 8.49. The fourth-order valence-corrected chi connectivity index (χ4v) is 4.31. The van der Waals surface area contributed by atoms with Crippen LogP contribution in [-0.4, -0.2) is 27.7 Å². The number of ketones is 1. The Morgan fingerprint density at radius 2 is 1.64 bits per heavy atom. The number of nitrogens with zero attached hydrogens (tertiary/aromatic N) is 2. The molecule has 1 atom stereocenters. The topological polar surface area (TPSA) is 127 Å². The highest BCUT2D eigenvalue weighted by Crippen LogP contribution is 2.43.